The van der Waals surface area contributed by atoms with E-state index in [-0.39, 0.29) is 0 Å². The van der Waals surface area contributed by atoms with Gasteiger partial charge in [0.25, 0.3) is 0 Å². The molecule has 0 aliphatic carbocycles. The lowest BCUT2D eigenvalue weighted by Gasteiger charge is -2.32. The first-order valence-corrected chi connectivity index (χ1v) is 30.0. The van der Waals surface area contributed by atoms with E-state index in [1.54, 1.807) is 0 Å². The van der Waals surface area contributed by atoms with E-state index in [2.05, 4.69) is 329 Å². The van der Waals surface area contributed by atoms with Crippen LogP contribution in [-0.2, 0) is 0 Å². The van der Waals surface area contributed by atoms with Gasteiger partial charge in [-0.25, -0.2) is 0 Å². The third-order valence-electron chi connectivity index (χ3n) is 18.2. The van der Waals surface area contributed by atoms with Crippen molar-refractivity contribution in [1.82, 2.24) is 0 Å². The van der Waals surface area contributed by atoms with Crippen LogP contribution < -0.4 is 9.80 Å². The van der Waals surface area contributed by atoms with E-state index in [0.717, 1.165) is 34.1 Å². The lowest BCUT2D eigenvalue weighted by molar-refractivity contribution is 1.23. The molecule has 86 heavy (non-hydrogen) atoms. The molecule has 0 fully saturated rings. The normalized spacial score (nSPS) is 11.7. The van der Waals surface area contributed by atoms with Crippen LogP contribution in [-0.4, -0.2) is 0 Å². The summed E-state index contributed by atoms with van der Waals surface area (Å²) < 4.78 is 0. The monoisotopic (exact) mass is 1100 g/mol. The molecule has 16 aromatic carbocycles. The smallest absolute Gasteiger partial charge is 0.0569 e. The molecule has 0 atom stereocenters. The van der Waals surface area contributed by atoms with Crippen LogP contribution in [0.5, 0.6) is 0 Å². The van der Waals surface area contributed by atoms with Crippen molar-refractivity contribution in [3.8, 4) is 33.4 Å². The van der Waals surface area contributed by atoms with Gasteiger partial charge in [0.15, 0.2) is 0 Å². The molecule has 0 heterocycles. The second-order valence-corrected chi connectivity index (χ2v) is 23.4. The Bertz CT molecular complexity index is 5030. The maximum Gasteiger partial charge on any atom is 0.0569 e. The molecule has 0 unspecified atom stereocenters. The molecular weight excluding hydrogens is 1040 g/mol. The van der Waals surface area contributed by atoms with Crippen molar-refractivity contribution in [3.63, 3.8) is 0 Å². The molecule has 0 amide bonds. The fourth-order valence-corrected chi connectivity index (χ4v) is 14.1. The SMILES string of the molecule is Cc1cc(-c2ccc(N(c3ccc4c5ccccc5c5ccccc5c4c3)c3c(C)cccc3-c3ccc4ccccc4c3)c(C)c2)ccc1N(c1ccc2c3ccccc3c3ccccc3c2c1)c1c(C)cccc1-c1ccc2ccccc2c1. The number of nitrogens with zero attached hydrogens (tertiary/aromatic N) is 2. The Morgan fingerprint density at radius 3 is 0.872 bits per heavy atom. The van der Waals surface area contributed by atoms with E-state index in [4.69, 9.17) is 0 Å². The predicted molar refractivity (Wildman–Crippen MR) is 371 cm³/mol. The Morgan fingerprint density at radius 2 is 0.512 bits per heavy atom. The maximum atomic E-state index is 2.53. The first-order chi connectivity index (χ1) is 42.3. The van der Waals surface area contributed by atoms with Gasteiger partial charge in [0.1, 0.15) is 0 Å². The Morgan fingerprint density at radius 1 is 0.198 bits per heavy atom. The van der Waals surface area contributed by atoms with Gasteiger partial charge in [0.2, 0.25) is 0 Å². The lowest BCUT2D eigenvalue weighted by Crippen LogP contribution is -2.14. The van der Waals surface area contributed by atoms with Crippen LogP contribution in [0.4, 0.5) is 34.1 Å². The fourth-order valence-electron chi connectivity index (χ4n) is 14.1. The van der Waals surface area contributed by atoms with Crippen molar-refractivity contribution >= 4 is 120 Å². The van der Waals surface area contributed by atoms with Gasteiger partial charge in [0, 0.05) is 33.9 Å². The largest absolute Gasteiger partial charge is 0.309 e. The molecular formula is C84H60N2. The van der Waals surface area contributed by atoms with E-state index in [9.17, 15) is 0 Å². The first kappa shape index (κ1) is 50.9. The van der Waals surface area contributed by atoms with E-state index >= 15 is 0 Å². The minimum Gasteiger partial charge on any atom is -0.309 e. The molecule has 0 radical (unpaired) electrons. The van der Waals surface area contributed by atoms with Crippen LogP contribution in [0.25, 0.3) is 120 Å². The third-order valence-corrected chi connectivity index (χ3v) is 18.2. The number of fused-ring (bicyclic) bond motifs is 14. The summed E-state index contributed by atoms with van der Waals surface area (Å²) in [6.07, 6.45) is 0. The Labute approximate surface area is 501 Å². The minimum absolute atomic E-state index is 1.11. The van der Waals surface area contributed by atoms with Crippen LogP contribution in [0.15, 0.2) is 291 Å². The molecule has 0 spiro atoms. The highest BCUT2D eigenvalue weighted by molar-refractivity contribution is 6.27. The lowest BCUT2D eigenvalue weighted by atomic mass is 9.92. The predicted octanol–water partition coefficient (Wildman–Crippen LogP) is 24.1. The summed E-state index contributed by atoms with van der Waals surface area (Å²) in [4.78, 5) is 5.05. The Kier molecular flexibility index (Phi) is 12.1. The highest BCUT2D eigenvalue weighted by Crippen LogP contribution is 2.50. The zero-order valence-corrected chi connectivity index (χ0v) is 48.6. The molecule has 0 aromatic heterocycles. The number of anilines is 6. The first-order valence-electron chi connectivity index (χ1n) is 30.0. The van der Waals surface area contributed by atoms with Crippen LogP contribution in [0, 0.1) is 27.7 Å². The Balaban J connectivity index is 0.864. The van der Waals surface area contributed by atoms with Gasteiger partial charge in [-0.15, -0.1) is 0 Å². The van der Waals surface area contributed by atoms with E-state index in [0.29, 0.717) is 0 Å². The number of aryl methyl sites for hydroxylation is 4. The van der Waals surface area contributed by atoms with Crippen LogP contribution in [0.1, 0.15) is 22.3 Å². The van der Waals surface area contributed by atoms with Crippen LogP contribution in [0.3, 0.4) is 0 Å². The molecule has 2 nitrogen and oxygen atoms in total. The van der Waals surface area contributed by atoms with Gasteiger partial charge in [-0.1, -0.05) is 231 Å². The molecule has 0 N–H and O–H groups in total. The second kappa shape index (κ2) is 20.5. The van der Waals surface area contributed by atoms with Gasteiger partial charge in [-0.2, -0.15) is 0 Å². The summed E-state index contributed by atoms with van der Waals surface area (Å²) in [5.41, 5.74) is 18.6. The number of benzene rings is 16. The Hall–Kier alpha value is -10.8. The summed E-state index contributed by atoms with van der Waals surface area (Å²) in [5, 5.41) is 20.0. The summed E-state index contributed by atoms with van der Waals surface area (Å²) in [6, 6.07) is 109. The van der Waals surface area contributed by atoms with Gasteiger partial charge >= 0.3 is 0 Å². The number of para-hydroxylation sites is 2. The van der Waals surface area contributed by atoms with E-state index in [1.807, 2.05) is 0 Å². The highest BCUT2D eigenvalue weighted by Gasteiger charge is 2.26. The van der Waals surface area contributed by atoms with Crippen molar-refractivity contribution in [2.24, 2.45) is 0 Å². The molecule has 0 saturated carbocycles. The second-order valence-electron chi connectivity index (χ2n) is 23.4. The highest BCUT2D eigenvalue weighted by atomic mass is 15.2. The zero-order chi connectivity index (χ0) is 57.6. The fraction of sp³-hybridized carbons (Fsp3) is 0.0476. The molecule has 0 saturated heterocycles. The summed E-state index contributed by atoms with van der Waals surface area (Å²) in [7, 11) is 0. The van der Waals surface area contributed by atoms with Crippen molar-refractivity contribution < 1.29 is 0 Å². The average Bonchev–Trinajstić information content (AvgIpc) is 1.58. The van der Waals surface area contributed by atoms with Crippen molar-refractivity contribution in [2.75, 3.05) is 9.80 Å². The quantitative estimate of drug-likeness (QED) is 0.133. The average molecular weight is 1100 g/mol. The standard InChI is InChI=1S/C84H60N2/c1-53-19-17-33-67(63-37-35-57-21-5-7-23-59(57)49-63)83(53)85(65-41-43-77-73-29-11-9-25-69(73)71-27-13-15-31-75(71)79(77)51-65)81-45-39-61(47-55(81)3)62-40-46-82(56(4)48-62)86(84-54(2)20-18-34-68(84)64-38-36-58-22-6-8-24-60(58)50-64)66-42-44-78-74-30-12-10-26-70(74)72-28-14-16-32-76(72)80(78)52-66/h5-52H,1-4H3. The maximum absolute atomic E-state index is 2.53. The molecule has 0 aliphatic heterocycles. The van der Waals surface area contributed by atoms with Crippen molar-refractivity contribution in [1.29, 1.82) is 0 Å². The minimum atomic E-state index is 1.11. The topological polar surface area (TPSA) is 6.48 Å². The third kappa shape index (κ3) is 8.39. The number of hydrogen-bond acceptors (Lipinski definition) is 2. The van der Waals surface area contributed by atoms with Crippen LogP contribution in [0.2, 0.25) is 0 Å². The molecule has 16 rings (SSSR count). The van der Waals surface area contributed by atoms with Gasteiger partial charge in [-0.05, 0) is 219 Å². The summed E-state index contributed by atoms with van der Waals surface area (Å²) in [5.74, 6) is 0. The molecule has 0 aliphatic rings. The van der Waals surface area contributed by atoms with Gasteiger partial charge in [0.05, 0.1) is 11.4 Å². The van der Waals surface area contributed by atoms with Gasteiger partial charge < -0.3 is 9.80 Å². The molecule has 2 heteroatoms. The van der Waals surface area contributed by atoms with E-state index in [1.165, 1.54) is 142 Å². The molecule has 406 valence electrons. The summed E-state index contributed by atoms with van der Waals surface area (Å²) in [6.45, 7) is 9.09. The summed E-state index contributed by atoms with van der Waals surface area (Å²) >= 11 is 0. The van der Waals surface area contributed by atoms with Gasteiger partial charge in [-0.3, -0.25) is 0 Å². The van der Waals surface area contributed by atoms with Crippen LogP contribution >= 0.6 is 0 Å². The van der Waals surface area contributed by atoms with Crippen molar-refractivity contribution in [2.45, 2.75) is 27.7 Å². The molecule has 16 aromatic rings. The molecule has 0 bridgehead atoms. The van der Waals surface area contributed by atoms with E-state index < -0.39 is 0 Å². The number of rotatable bonds is 9. The zero-order valence-electron chi connectivity index (χ0n) is 48.6. The number of hydrogen-bond donors (Lipinski definition) is 0. The van der Waals surface area contributed by atoms with Crippen molar-refractivity contribution in [3.05, 3.63) is 313 Å².